The highest BCUT2D eigenvalue weighted by Crippen LogP contribution is 2.60. The lowest BCUT2D eigenvalue weighted by molar-refractivity contribution is -0.160. The molecule has 1 aliphatic heterocycles. The Morgan fingerprint density at radius 2 is 1.81 bits per heavy atom. The number of aromatic nitrogens is 2. The first-order valence-corrected chi connectivity index (χ1v) is 14.7. The summed E-state index contributed by atoms with van der Waals surface area (Å²) in [5.41, 5.74) is -0.0419. The SMILES string of the molecule is O=C(O)C1CC=C(c2nn(C(=O)c3c(Cl)cccc3C3(C(F)(F)F)CC3)c3c2CC[C@@H](C(=O)N2CCC(O)C2)C3)CC1. The Morgan fingerprint density at radius 1 is 1.07 bits per heavy atom. The normalized spacial score (nSPS) is 25.1. The molecule has 1 aromatic carbocycles. The summed E-state index contributed by atoms with van der Waals surface area (Å²) < 4.78 is 43.7. The van der Waals surface area contributed by atoms with Crippen LogP contribution in [0.4, 0.5) is 13.2 Å². The number of β-amino-alcohol motifs (C(OH)–C–C–N with tert-alkyl or cyclic N) is 1. The molecular weight excluding hydrogens is 575 g/mol. The van der Waals surface area contributed by atoms with Gasteiger partial charge in [-0.1, -0.05) is 29.8 Å². The monoisotopic (exact) mass is 605 g/mol. The van der Waals surface area contributed by atoms with E-state index in [2.05, 4.69) is 5.10 Å². The first kappa shape index (κ1) is 28.9. The molecule has 0 bridgehead atoms. The molecule has 2 fully saturated rings. The van der Waals surface area contributed by atoms with Crippen molar-refractivity contribution in [1.29, 1.82) is 0 Å². The van der Waals surface area contributed by atoms with Crippen LogP contribution in [-0.4, -0.2) is 68.0 Å². The Labute approximate surface area is 245 Å². The van der Waals surface area contributed by atoms with Gasteiger partial charge in [-0.25, -0.2) is 0 Å². The van der Waals surface area contributed by atoms with Crippen molar-refractivity contribution >= 4 is 35.0 Å². The van der Waals surface area contributed by atoms with E-state index in [4.69, 9.17) is 11.6 Å². The Kier molecular flexibility index (Phi) is 7.24. The molecular formula is C30H31ClF3N3O5. The van der Waals surface area contributed by atoms with Gasteiger partial charge in [-0.15, -0.1) is 0 Å². The number of carbonyl (C=O) groups is 3. The minimum Gasteiger partial charge on any atom is -0.481 e. The lowest BCUT2D eigenvalue weighted by Crippen LogP contribution is -2.38. The summed E-state index contributed by atoms with van der Waals surface area (Å²) in [4.78, 5) is 40.7. The Hall–Kier alpha value is -3.18. The van der Waals surface area contributed by atoms with Crippen LogP contribution < -0.4 is 0 Å². The van der Waals surface area contributed by atoms with Crippen LogP contribution in [0.5, 0.6) is 0 Å². The van der Waals surface area contributed by atoms with Crippen LogP contribution in [0, 0.1) is 11.8 Å². The molecule has 42 heavy (non-hydrogen) atoms. The topological polar surface area (TPSA) is 113 Å². The van der Waals surface area contributed by atoms with Gasteiger partial charge in [-0.05, 0) is 68.6 Å². The van der Waals surface area contributed by atoms with Crippen LogP contribution in [0.15, 0.2) is 24.3 Å². The lowest BCUT2D eigenvalue weighted by atomic mass is 9.82. The Balaban J connectivity index is 1.42. The van der Waals surface area contributed by atoms with Gasteiger partial charge in [-0.2, -0.15) is 23.0 Å². The number of alkyl halides is 3. The molecule has 12 heteroatoms. The van der Waals surface area contributed by atoms with Gasteiger partial charge in [0.15, 0.2) is 0 Å². The third-order valence-electron chi connectivity index (χ3n) is 9.39. The van der Waals surface area contributed by atoms with Crippen molar-refractivity contribution in [2.75, 3.05) is 13.1 Å². The lowest BCUT2D eigenvalue weighted by Gasteiger charge is -2.27. The number of allylic oxidation sites excluding steroid dienone is 2. The molecule has 4 aliphatic rings. The molecule has 0 radical (unpaired) electrons. The number of hydrogen-bond acceptors (Lipinski definition) is 5. The molecule has 8 nitrogen and oxygen atoms in total. The first-order valence-electron chi connectivity index (χ1n) is 14.3. The smallest absolute Gasteiger partial charge is 0.398 e. The summed E-state index contributed by atoms with van der Waals surface area (Å²) in [6.45, 7) is 0.679. The van der Waals surface area contributed by atoms with Crippen molar-refractivity contribution in [3.63, 3.8) is 0 Å². The maximum atomic E-state index is 14.2. The number of amides is 1. The van der Waals surface area contributed by atoms with E-state index in [0.29, 0.717) is 56.5 Å². The fourth-order valence-electron chi connectivity index (χ4n) is 6.80. The Bertz CT molecular complexity index is 1500. The number of carboxylic acid groups (broad SMARTS) is 1. The number of aliphatic hydroxyl groups excluding tert-OH is 1. The predicted octanol–water partition coefficient (Wildman–Crippen LogP) is 4.79. The standard InChI is InChI=1S/C30H31ClF3N3O5/c31-22-3-1-2-21(29(11-12-29)30(32,33)34)24(22)27(40)37-23-14-18(26(39)36-13-10-19(38)15-36)8-9-20(23)25(35-37)16-4-6-17(7-5-16)28(41)42/h1-4,17-19,38H,5-15H2,(H,41,42)/t17?,18-,19?/m1/s1. The zero-order valence-electron chi connectivity index (χ0n) is 22.8. The van der Waals surface area contributed by atoms with Crippen molar-refractivity contribution in [1.82, 2.24) is 14.7 Å². The first-order chi connectivity index (χ1) is 19.9. The van der Waals surface area contributed by atoms with Gasteiger partial charge in [0.25, 0.3) is 5.91 Å². The molecule has 3 atom stereocenters. The Morgan fingerprint density at radius 3 is 2.40 bits per heavy atom. The minimum absolute atomic E-state index is 0.102. The summed E-state index contributed by atoms with van der Waals surface area (Å²) in [6.07, 6.45) is -0.917. The van der Waals surface area contributed by atoms with Crippen LogP contribution in [-0.2, 0) is 27.8 Å². The predicted molar refractivity (Wildman–Crippen MR) is 146 cm³/mol. The number of benzene rings is 1. The number of likely N-dealkylation sites (tertiary alicyclic amines) is 1. The molecule has 2 N–H and O–H groups in total. The van der Waals surface area contributed by atoms with Gasteiger partial charge in [-0.3, -0.25) is 14.4 Å². The average Bonchev–Trinajstić information content (AvgIpc) is 3.55. The average molecular weight is 606 g/mol. The summed E-state index contributed by atoms with van der Waals surface area (Å²) >= 11 is 6.44. The van der Waals surface area contributed by atoms with Gasteiger partial charge in [0.2, 0.25) is 5.91 Å². The van der Waals surface area contributed by atoms with Gasteiger partial charge in [0.05, 0.1) is 39.4 Å². The van der Waals surface area contributed by atoms with Crippen LogP contribution in [0.2, 0.25) is 5.02 Å². The molecule has 1 saturated carbocycles. The van der Waals surface area contributed by atoms with Gasteiger partial charge >= 0.3 is 12.1 Å². The molecule has 224 valence electrons. The maximum Gasteiger partial charge on any atom is 0.398 e. The molecule has 3 aliphatic carbocycles. The third kappa shape index (κ3) is 4.84. The zero-order valence-corrected chi connectivity index (χ0v) is 23.5. The van der Waals surface area contributed by atoms with Gasteiger partial charge in [0.1, 0.15) is 0 Å². The van der Waals surface area contributed by atoms with E-state index in [9.17, 15) is 37.8 Å². The summed E-state index contributed by atoms with van der Waals surface area (Å²) in [5.74, 6) is -2.79. The molecule has 1 aromatic heterocycles. The van der Waals surface area contributed by atoms with Gasteiger partial charge < -0.3 is 15.1 Å². The van der Waals surface area contributed by atoms with Crippen molar-refractivity contribution in [2.24, 2.45) is 11.8 Å². The highest BCUT2D eigenvalue weighted by Gasteiger charge is 2.65. The van der Waals surface area contributed by atoms with Crippen LogP contribution in [0.1, 0.15) is 77.8 Å². The second kappa shape index (κ2) is 10.5. The maximum absolute atomic E-state index is 14.2. The van der Waals surface area contributed by atoms with E-state index >= 15 is 0 Å². The summed E-state index contributed by atoms with van der Waals surface area (Å²) in [5, 5.41) is 23.9. The number of halogens is 4. The molecule has 0 spiro atoms. The summed E-state index contributed by atoms with van der Waals surface area (Å²) in [6, 6.07) is 4.11. The fraction of sp³-hybridized carbons (Fsp3) is 0.533. The number of aliphatic carboxylic acids is 1. The van der Waals surface area contributed by atoms with Crippen LogP contribution in [0.25, 0.3) is 5.57 Å². The largest absolute Gasteiger partial charge is 0.481 e. The van der Waals surface area contributed by atoms with E-state index in [1.807, 2.05) is 6.08 Å². The highest BCUT2D eigenvalue weighted by molar-refractivity contribution is 6.34. The van der Waals surface area contributed by atoms with Crippen LogP contribution in [0.3, 0.4) is 0 Å². The highest BCUT2D eigenvalue weighted by atomic mass is 35.5. The van der Waals surface area contributed by atoms with Crippen molar-refractivity contribution < 1.29 is 37.8 Å². The molecule has 6 rings (SSSR count). The van der Waals surface area contributed by atoms with E-state index in [-0.39, 0.29) is 47.9 Å². The minimum atomic E-state index is -4.56. The van der Waals surface area contributed by atoms with Crippen molar-refractivity contribution in [3.8, 4) is 0 Å². The molecule has 2 unspecified atom stereocenters. The second-order valence-electron chi connectivity index (χ2n) is 11.9. The third-order valence-corrected chi connectivity index (χ3v) is 9.70. The molecule has 1 saturated heterocycles. The number of hydrogen-bond donors (Lipinski definition) is 2. The number of rotatable bonds is 5. The second-order valence-corrected chi connectivity index (χ2v) is 12.3. The number of nitrogens with zero attached hydrogens (tertiary/aromatic N) is 3. The molecule has 2 heterocycles. The quantitative estimate of drug-likeness (QED) is 0.507. The molecule has 2 aromatic rings. The van der Waals surface area contributed by atoms with E-state index < -0.39 is 41.4 Å². The summed E-state index contributed by atoms with van der Waals surface area (Å²) in [7, 11) is 0. The number of aliphatic hydroxyl groups is 1. The fourth-order valence-corrected chi connectivity index (χ4v) is 7.05. The zero-order chi connectivity index (χ0) is 30.0. The number of carbonyl (C=O) groups excluding carboxylic acids is 2. The molecule has 1 amide bonds. The van der Waals surface area contributed by atoms with Crippen molar-refractivity contribution in [3.05, 3.63) is 57.4 Å². The van der Waals surface area contributed by atoms with E-state index in [1.165, 1.54) is 18.2 Å². The van der Waals surface area contributed by atoms with Gasteiger partial charge in [0, 0.05) is 31.0 Å². The van der Waals surface area contributed by atoms with E-state index in [0.717, 1.165) is 15.8 Å². The van der Waals surface area contributed by atoms with Crippen LogP contribution >= 0.6 is 11.6 Å². The van der Waals surface area contributed by atoms with E-state index in [1.54, 1.807) is 4.90 Å². The number of carboxylic acids is 1. The number of fused-ring (bicyclic) bond motifs is 1. The van der Waals surface area contributed by atoms with Crippen molar-refractivity contribution in [2.45, 2.75) is 75.5 Å².